The van der Waals surface area contributed by atoms with E-state index in [4.69, 9.17) is 4.74 Å². The Morgan fingerprint density at radius 2 is 1.78 bits per heavy atom. The highest BCUT2D eigenvalue weighted by Gasteiger charge is 2.48. The maximum atomic E-state index is 13.6. The summed E-state index contributed by atoms with van der Waals surface area (Å²) in [4.78, 5) is 45.8. The van der Waals surface area contributed by atoms with Crippen LogP contribution in [0.3, 0.4) is 0 Å². The first-order chi connectivity index (χ1) is 17.4. The SMILES string of the molecule is CCCN1C(=O)c2c(C(=O)NCc3cccc(OC)c3)ncn2C[C@]1(C)C(=O)NCc1ccccc1. The molecule has 1 aliphatic heterocycles. The number of carbonyl (C=O) groups is 3. The van der Waals surface area contributed by atoms with E-state index in [0.29, 0.717) is 25.3 Å². The lowest BCUT2D eigenvalue weighted by atomic mass is 9.94. The monoisotopic (exact) mass is 489 g/mol. The second-order valence-corrected chi connectivity index (χ2v) is 9.00. The number of imidazole rings is 1. The van der Waals surface area contributed by atoms with Crippen LogP contribution in [0.2, 0.25) is 0 Å². The lowest BCUT2D eigenvalue weighted by Crippen LogP contribution is -2.64. The Bertz CT molecular complexity index is 1260. The number of methoxy groups -OCH3 is 1. The molecule has 0 saturated carbocycles. The molecule has 2 aromatic carbocycles. The van der Waals surface area contributed by atoms with Crippen LogP contribution < -0.4 is 15.4 Å². The number of amides is 3. The van der Waals surface area contributed by atoms with E-state index in [9.17, 15) is 14.4 Å². The maximum Gasteiger partial charge on any atom is 0.273 e. The summed E-state index contributed by atoms with van der Waals surface area (Å²) in [6.45, 7) is 4.90. The van der Waals surface area contributed by atoms with Crippen molar-refractivity contribution in [2.45, 2.75) is 45.4 Å². The number of aromatic nitrogens is 2. The zero-order chi connectivity index (χ0) is 25.7. The first kappa shape index (κ1) is 25.0. The van der Waals surface area contributed by atoms with Crippen LogP contribution in [0, 0.1) is 0 Å². The number of nitrogens with zero attached hydrogens (tertiary/aromatic N) is 3. The molecule has 0 aliphatic carbocycles. The molecule has 2 heterocycles. The minimum absolute atomic E-state index is 0.0516. The third kappa shape index (κ3) is 4.95. The number of hydrogen-bond donors (Lipinski definition) is 2. The second-order valence-electron chi connectivity index (χ2n) is 9.00. The Kier molecular flexibility index (Phi) is 7.38. The van der Waals surface area contributed by atoms with E-state index in [1.165, 1.54) is 6.33 Å². The topological polar surface area (TPSA) is 106 Å². The van der Waals surface area contributed by atoms with Gasteiger partial charge in [0, 0.05) is 19.6 Å². The lowest BCUT2D eigenvalue weighted by molar-refractivity contribution is -0.133. The molecule has 3 aromatic rings. The first-order valence-corrected chi connectivity index (χ1v) is 12.0. The van der Waals surface area contributed by atoms with Crippen LogP contribution in [0.5, 0.6) is 5.75 Å². The average molecular weight is 490 g/mol. The van der Waals surface area contributed by atoms with Crippen molar-refractivity contribution in [2.75, 3.05) is 13.7 Å². The quantitative estimate of drug-likeness (QED) is 0.481. The number of carbonyl (C=O) groups excluding carboxylic acids is 3. The normalized spacial score (nSPS) is 16.9. The van der Waals surface area contributed by atoms with Gasteiger partial charge in [-0.1, -0.05) is 49.4 Å². The van der Waals surface area contributed by atoms with Gasteiger partial charge in [0.2, 0.25) is 5.91 Å². The van der Waals surface area contributed by atoms with Gasteiger partial charge < -0.3 is 24.8 Å². The van der Waals surface area contributed by atoms with E-state index in [-0.39, 0.29) is 36.3 Å². The highest BCUT2D eigenvalue weighted by molar-refractivity contribution is 6.07. The van der Waals surface area contributed by atoms with Crippen LogP contribution in [-0.4, -0.2) is 51.4 Å². The largest absolute Gasteiger partial charge is 0.497 e. The third-order valence-corrected chi connectivity index (χ3v) is 6.39. The molecular weight excluding hydrogens is 458 g/mol. The Hall–Kier alpha value is -4.14. The molecule has 0 unspecified atom stereocenters. The summed E-state index contributed by atoms with van der Waals surface area (Å²) in [7, 11) is 1.58. The number of benzene rings is 2. The summed E-state index contributed by atoms with van der Waals surface area (Å²) in [5.41, 5.74) is 0.953. The Balaban J connectivity index is 1.53. The van der Waals surface area contributed by atoms with Crippen LogP contribution in [-0.2, 0) is 24.4 Å². The molecule has 0 fully saturated rings. The molecule has 1 aliphatic rings. The highest BCUT2D eigenvalue weighted by atomic mass is 16.5. The molecule has 0 spiro atoms. The molecule has 3 amide bonds. The second kappa shape index (κ2) is 10.6. The number of hydrogen-bond acceptors (Lipinski definition) is 5. The van der Waals surface area contributed by atoms with Crippen LogP contribution in [0.4, 0.5) is 0 Å². The molecule has 36 heavy (non-hydrogen) atoms. The number of ether oxygens (including phenoxy) is 1. The summed E-state index contributed by atoms with van der Waals surface area (Å²) < 4.78 is 6.84. The van der Waals surface area contributed by atoms with Crippen LogP contribution in [0.1, 0.15) is 52.4 Å². The predicted molar refractivity (Wildman–Crippen MR) is 134 cm³/mol. The Morgan fingerprint density at radius 3 is 2.50 bits per heavy atom. The van der Waals surface area contributed by atoms with Crippen molar-refractivity contribution in [1.82, 2.24) is 25.1 Å². The van der Waals surface area contributed by atoms with Gasteiger partial charge in [-0.25, -0.2) is 4.98 Å². The van der Waals surface area contributed by atoms with Gasteiger partial charge in [-0.3, -0.25) is 14.4 Å². The molecule has 0 radical (unpaired) electrons. The van der Waals surface area contributed by atoms with Gasteiger partial charge in [0.15, 0.2) is 5.69 Å². The molecule has 188 valence electrons. The average Bonchev–Trinajstić information content (AvgIpc) is 3.32. The Labute approximate surface area is 210 Å². The maximum absolute atomic E-state index is 13.6. The van der Waals surface area contributed by atoms with Crippen molar-refractivity contribution < 1.29 is 19.1 Å². The first-order valence-electron chi connectivity index (χ1n) is 12.0. The van der Waals surface area contributed by atoms with Gasteiger partial charge in [-0.05, 0) is 36.6 Å². The van der Waals surface area contributed by atoms with Gasteiger partial charge in [-0.2, -0.15) is 0 Å². The minimum Gasteiger partial charge on any atom is -0.497 e. The van der Waals surface area contributed by atoms with E-state index >= 15 is 0 Å². The molecule has 1 aromatic heterocycles. The van der Waals surface area contributed by atoms with Crippen LogP contribution >= 0.6 is 0 Å². The van der Waals surface area contributed by atoms with E-state index in [2.05, 4.69) is 15.6 Å². The zero-order valence-electron chi connectivity index (χ0n) is 20.8. The van der Waals surface area contributed by atoms with Crippen molar-refractivity contribution in [3.8, 4) is 5.75 Å². The fourth-order valence-electron chi connectivity index (χ4n) is 4.44. The number of nitrogens with one attached hydrogen (secondary N) is 2. The van der Waals surface area contributed by atoms with Crippen molar-refractivity contribution in [1.29, 1.82) is 0 Å². The van der Waals surface area contributed by atoms with E-state index in [1.54, 1.807) is 23.5 Å². The molecule has 0 saturated heterocycles. The molecule has 2 N–H and O–H groups in total. The Morgan fingerprint density at radius 1 is 1.06 bits per heavy atom. The standard InChI is InChI=1S/C27H31N5O4/c1-4-13-32-25(34)23-22(24(33)28-16-20-11-8-12-21(14-20)36-3)30-18-31(23)17-27(32,2)26(35)29-15-19-9-6-5-7-10-19/h5-12,14,18H,4,13,15-17H2,1-3H3,(H,28,33)(H,29,35)/t27-/m1/s1. The van der Waals surface area contributed by atoms with Gasteiger partial charge in [0.05, 0.1) is 20.0 Å². The van der Waals surface area contributed by atoms with Gasteiger partial charge in [0.1, 0.15) is 17.0 Å². The predicted octanol–water partition coefficient (Wildman–Crippen LogP) is 2.76. The van der Waals surface area contributed by atoms with Gasteiger partial charge in [0.25, 0.3) is 11.8 Å². The van der Waals surface area contributed by atoms with Crippen molar-refractivity contribution >= 4 is 17.7 Å². The van der Waals surface area contributed by atoms with Gasteiger partial charge >= 0.3 is 0 Å². The van der Waals surface area contributed by atoms with E-state index < -0.39 is 11.4 Å². The number of fused-ring (bicyclic) bond motifs is 1. The third-order valence-electron chi connectivity index (χ3n) is 6.39. The van der Waals surface area contributed by atoms with Gasteiger partial charge in [-0.15, -0.1) is 0 Å². The van der Waals surface area contributed by atoms with E-state index in [1.807, 2.05) is 61.5 Å². The fraction of sp³-hybridized carbons (Fsp3) is 0.333. The number of rotatable bonds is 9. The van der Waals surface area contributed by atoms with Crippen molar-refractivity contribution in [2.24, 2.45) is 0 Å². The summed E-state index contributed by atoms with van der Waals surface area (Å²) >= 11 is 0. The summed E-state index contributed by atoms with van der Waals surface area (Å²) in [5, 5.41) is 5.80. The smallest absolute Gasteiger partial charge is 0.273 e. The molecule has 9 heteroatoms. The highest BCUT2D eigenvalue weighted by Crippen LogP contribution is 2.29. The fourth-order valence-corrected chi connectivity index (χ4v) is 4.44. The zero-order valence-corrected chi connectivity index (χ0v) is 20.8. The molecule has 9 nitrogen and oxygen atoms in total. The molecule has 1 atom stereocenters. The van der Waals surface area contributed by atoms with Crippen LogP contribution in [0.15, 0.2) is 60.9 Å². The lowest BCUT2D eigenvalue weighted by Gasteiger charge is -2.43. The minimum atomic E-state index is -1.12. The summed E-state index contributed by atoms with van der Waals surface area (Å²) in [5.74, 6) is -0.397. The van der Waals surface area contributed by atoms with Crippen molar-refractivity contribution in [3.05, 3.63) is 83.4 Å². The van der Waals surface area contributed by atoms with Crippen molar-refractivity contribution in [3.63, 3.8) is 0 Å². The molecule has 4 rings (SSSR count). The molecule has 0 bridgehead atoms. The van der Waals surface area contributed by atoms with E-state index in [0.717, 1.165) is 11.1 Å². The van der Waals surface area contributed by atoms with Crippen LogP contribution in [0.25, 0.3) is 0 Å². The summed E-state index contributed by atoms with van der Waals surface area (Å²) in [6, 6.07) is 17.0. The summed E-state index contributed by atoms with van der Waals surface area (Å²) in [6.07, 6.45) is 2.12. The molecular formula is C27H31N5O4.